The third-order valence-electron chi connectivity index (χ3n) is 5.70. The molecule has 8 heteroatoms. The van der Waals surface area contributed by atoms with Crippen LogP contribution in [0, 0.1) is 11.8 Å². The minimum atomic E-state index is -3.56. The highest BCUT2D eigenvalue weighted by atomic mass is 32.2. The molecule has 3 aliphatic rings. The van der Waals surface area contributed by atoms with Gasteiger partial charge in [0.25, 0.3) is 10.0 Å². The molecule has 1 aromatic rings. The number of hydrogen-bond donors (Lipinski definition) is 1. The lowest BCUT2D eigenvalue weighted by Crippen LogP contribution is -2.45. The summed E-state index contributed by atoms with van der Waals surface area (Å²) in [6, 6.07) is 5.30. The van der Waals surface area contributed by atoms with E-state index in [4.69, 9.17) is 10.5 Å². The van der Waals surface area contributed by atoms with E-state index in [0.717, 1.165) is 45.2 Å². The number of carbonyl (C=O) groups is 1. The molecule has 27 heavy (non-hydrogen) atoms. The maximum atomic E-state index is 12.5. The SMILES string of the molecule is NC1=NS(=O)(=O)Cc2cccc(OC[C@H]3CCCN(C(=O)C4CCC4)C3)c21. The van der Waals surface area contributed by atoms with Crippen molar-refractivity contribution in [2.45, 2.75) is 37.9 Å². The second-order valence-electron chi connectivity index (χ2n) is 7.72. The Bertz CT molecular complexity index is 877. The van der Waals surface area contributed by atoms with E-state index in [9.17, 15) is 13.2 Å². The summed E-state index contributed by atoms with van der Waals surface area (Å²) < 4.78 is 33.2. The fraction of sp³-hybridized carbons (Fsp3) is 0.579. The zero-order valence-corrected chi connectivity index (χ0v) is 16.1. The van der Waals surface area contributed by atoms with Crippen molar-refractivity contribution in [3.05, 3.63) is 29.3 Å². The molecule has 1 saturated carbocycles. The van der Waals surface area contributed by atoms with Crippen LogP contribution in [0.2, 0.25) is 0 Å². The number of amidine groups is 1. The molecule has 2 aliphatic heterocycles. The topological polar surface area (TPSA) is 102 Å². The molecular formula is C19H25N3O4S. The first-order valence-electron chi connectivity index (χ1n) is 9.55. The van der Waals surface area contributed by atoms with Gasteiger partial charge in [0.1, 0.15) is 11.6 Å². The summed E-state index contributed by atoms with van der Waals surface area (Å²) in [5, 5.41) is 0. The highest BCUT2D eigenvalue weighted by molar-refractivity contribution is 7.89. The Hall–Kier alpha value is -2.09. The molecule has 1 aliphatic carbocycles. The highest BCUT2D eigenvalue weighted by Gasteiger charge is 2.32. The number of benzene rings is 1. The quantitative estimate of drug-likeness (QED) is 0.841. The van der Waals surface area contributed by atoms with E-state index in [1.54, 1.807) is 18.2 Å². The molecule has 1 amide bonds. The summed E-state index contributed by atoms with van der Waals surface area (Å²) in [5.74, 6) is 1.17. The first-order valence-corrected chi connectivity index (χ1v) is 11.2. The molecule has 2 N–H and O–H groups in total. The fourth-order valence-electron chi connectivity index (χ4n) is 4.05. The fourth-order valence-corrected chi connectivity index (χ4v) is 5.14. The summed E-state index contributed by atoms with van der Waals surface area (Å²) >= 11 is 0. The van der Waals surface area contributed by atoms with Gasteiger partial charge in [-0.05, 0) is 37.3 Å². The van der Waals surface area contributed by atoms with Crippen LogP contribution in [0.5, 0.6) is 5.75 Å². The van der Waals surface area contributed by atoms with Crippen molar-refractivity contribution in [1.29, 1.82) is 0 Å². The van der Waals surface area contributed by atoms with Gasteiger partial charge in [0.05, 0.1) is 17.9 Å². The van der Waals surface area contributed by atoms with Crippen molar-refractivity contribution in [2.75, 3.05) is 19.7 Å². The predicted octanol–water partition coefficient (Wildman–Crippen LogP) is 1.65. The van der Waals surface area contributed by atoms with Gasteiger partial charge in [0, 0.05) is 24.9 Å². The average Bonchev–Trinajstić information content (AvgIpc) is 2.57. The third kappa shape index (κ3) is 3.81. The summed E-state index contributed by atoms with van der Waals surface area (Å²) in [4.78, 5) is 14.5. The molecule has 0 aromatic heterocycles. The zero-order valence-electron chi connectivity index (χ0n) is 15.3. The molecule has 7 nitrogen and oxygen atoms in total. The van der Waals surface area contributed by atoms with Crippen LogP contribution in [-0.4, -0.2) is 44.8 Å². The van der Waals surface area contributed by atoms with E-state index < -0.39 is 10.0 Å². The molecule has 0 unspecified atom stereocenters. The summed E-state index contributed by atoms with van der Waals surface area (Å²) in [7, 11) is -3.56. The number of carbonyl (C=O) groups excluding carboxylic acids is 1. The Kier molecular flexibility index (Phi) is 4.84. The third-order valence-corrected chi connectivity index (χ3v) is 6.85. The highest BCUT2D eigenvalue weighted by Crippen LogP contribution is 2.31. The second-order valence-corrected chi connectivity index (χ2v) is 9.36. The van der Waals surface area contributed by atoms with E-state index in [0.29, 0.717) is 29.4 Å². The van der Waals surface area contributed by atoms with Crippen LogP contribution >= 0.6 is 0 Å². The van der Waals surface area contributed by atoms with Crippen molar-refractivity contribution >= 4 is 21.8 Å². The van der Waals surface area contributed by atoms with Crippen LogP contribution in [0.3, 0.4) is 0 Å². The molecule has 1 atom stereocenters. The molecule has 146 valence electrons. The number of nitrogens with zero attached hydrogens (tertiary/aromatic N) is 2. The summed E-state index contributed by atoms with van der Waals surface area (Å²) in [6.45, 7) is 2.04. The molecule has 0 spiro atoms. The molecule has 0 bridgehead atoms. The van der Waals surface area contributed by atoms with E-state index in [2.05, 4.69) is 4.40 Å². The molecular weight excluding hydrogens is 366 g/mol. The molecule has 1 saturated heterocycles. The number of sulfonamides is 1. The maximum Gasteiger partial charge on any atom is 0.259 e. The minimum Gasteiger partial charge on any atom is -0.492 e. The lowest BCUT2D eigenvalue weighted by Gasteiger charge is -2.37. The number of rotatable bonds is 4. The Morgan fingerprint density at radius 3 is 2.81 bits per heavy atom. The van der Waals surface area contributed by atoms with E-state index in [1.807, 2.05) is 4.90 Å². The average molecular weight is 391 g/mol. The predicted molar refractivity (Wildman–Crippen MR) is 102 cm³/mol. The van der Waals surface area contributed by atoms with Crippen molar-refractivity contribution in [3.63, 3.8) is 0 Å². The standard InChI is InChI=1S/C19H25N3O4S/c20-18-17-15(12-27(24,25)21-18)7-2-8-16(17)26-11-13-4-3-9-22(10-13)19(23)14-5-1-6-14/h2,7-8,13-14H,1,3-6,9-12H2,(H2,20,21)/t13-/m0/s1. The summed E-state index contributed by atoms with van der Waals surface area (Å²) in [5.41, 5.74) is 7.08. The van der Waals surface area contributed by atoms with Gasteiger partial charge in [-0.15, -0.1) is 4.40 Å². The Morgan fingerprint density at radius 2 is 2.07 bits per heavy atom. The summed E-state index contributed by atoms with van der Waals surface area (Å²) in [6.07, 6.45) is 5.21. The van der Waals surface area contributed by atoms with Crippen molar-refractivity contribution in [3.8, 4) is 5.75 Å². The van der Waals surface area contributed by atoms with Gasteiger partial charge in [0.2, 0.25) is 5.91 Å². The van der Waals surface area contributed by atoms with Gasteiger partial charge in [0.15, 0.2) is 0 Å². The van der Waals surface area contributed by atoms with Crippen LogP contribution in [0.15, 0.2) is 22.6 Å². The van der Waals surface area contributed by atoms with Gasteiger partial charge in [-0.2, -0.15) is 0 Å². The molecule has 4 rings (SSSR count). The first-order chi connectivity index (χ1) is 12.9. The van der Waals surface area contributed by atoms with E-state index in [1.165, 1.54) is 0 Å². The Labute approximate surface area is 159 Å². The number of nitrogens with two attached hydrogens (primary N) is 1. The number of fused-ring (bicyclic) bond motifs is 1. The van der Waals surface area contributed by atoms with Gasteiger partial charge in [-0.3, -0.25) is 4.79 Å². The second kappa shape index (κ2) is 7.14. The number of ether oxygens (including phenoxy) is 1. The van der Waals surface area contributed by atoms with Gasteiger partial charge in [-0.25, -0.2) is 8.42 Å². The van der Waals surface area contributed by atoms with Crippen LogP contribution < -0.4 is 10.5 Å². The maximum absolute atomic E-state index is 12.5. The molecule has 1 aromatic carbocycles. The Balaban J connectivity index is 1.43. The van der Waals surface area contributed by atoms with Crippen molar-refractivity contribution in [2.24, 2.45) is 22.0 Å². The lowest BCUT2D eigenvalue weighted by atomic mass is 9.83. The van der Waals surface area contributed by atoms with Crippen LogP contribution in [0.1, 0.15) is 43.2 Å². The lowest BCUT2D eigenvalue weighted by molar-refractivity contribution is -0.140. The normalized spacial score (nSPS) is 24.5. The van der Waals surface area contributed by atoms with E-state index >= 15 is 0 Å². The van der Waals surface area contributed by atoms with Gasteiger partial charge in [-0.1, -0.05) is 18.6 Å². The smallest absolute Gasteiger partial charge is 0.259 e. The van der Waals surface area contributed by atoms with Gasteiger partial charge < -0.3 is 15.4 Å². The van der Waals surface area contributed by atoms with Gasteiger partial charge >= 0.3 is 0 Å². The van der Waals surface area contributed by atoms with Crippen molar-refractivity contribution in [1.82, 2.24) is 4.90 Å². The van der Waals surface area contributed by atoms with Crippen LogP contribution in [0.4, 0.5) is 0 Å². The van der Waals surface area contributed by atoms with Crippen LogP contribution in [0.25, 0.3) is 0 Å². The molecule has 2 heterocycles. The van der Waals surface area contributed by atoms with Crippen molar-refractivity contribution < 1.29 is 17.9 Å². The minimum absolute atomic E-state index is 0.0164. The van der Waals surface area contributed by atoms with Crippen LogP contribution in [-0.2, 0) is 20.6 Å². The molecule has 0 radical (unpaired) electrons. The number of hydrogen-bond acceptors (Lipinski definition) is 5. The number of likely N-dealkylation sites (tertiary alicyclic amines) is 1. The molecule has 2 fully saturated rings. The van der Waals surface area contributed by atoms with E-state index in [-0.39, 0.29) is 23.4 Å². The zero-order chi connectivity index (χ0) is 19.0. The largest absolute Gasteiger partial charge is 0.492 e. The monoisotopic (exact) mass is 391 g/mol. The number of amides is 1. The first kappa shape index (κ1) is 18.3. The Morgan fingerprint density at radius 1 is 1.26 bits per heavy atom. The number of piperidine rings is 1.